The van der Waals surface area contributed by atoms with Crippen LogP contribution in [0.3, 0.4) is 0 Å². The van der Waals surface area contributed by atoms with Gasteiger partial charge in [-0.15, -0.1) is 0 Å². The van der Waals surface area contributed by atoms with Gasteiger partial charge in [-0.3, -0.25) is 14.4 Å². The van der Waals surface area contributed by atoms with E-state index in [1.54, 1.807) is 30.3 Å². The van der Waals surface area contributed by atoms with E-state index in [0.717, 1.165) is 30.4 Å². The highest BCUT2D eigenvalue weighted by Gasteiger charge is 2.12. The minimum Gasteiger partial charge on any atom is -0.462 e. The van der Waals surface area contributed by atoms with E-state index in [-0.39, 0.29) is 18.7 Å². The molecule has 0 saturated carbocycles. The number of rotatable bonds is 12. The van der Waals surface area contributed by atoms with E-state index >= 15 is 0 Å². The number of aryl methyl sites for hydroxylation is 2. The quantitative estimate of drug-likeness (QED) is 0.349. The third-order valence-corrected chi connectivity index (χ3v) is 4.96. The zero-order chi connectivity index (χ0) is 24.9. The van der Waals surface area contributed by atoms with Gasteiger partial charge in [0.2, 0.25) is 5.91 Å². The summed E-state index contributed by atoms with van der Waals surface area (Å²) in [5.74, 6) is -1.88. The van der Waals surface area contributed by atoms with Crippen molar-refractivity contribution in [1.82, 2.24) is 0 Å². The van der Waals surface area contributed by atoms with Crippen LogP contribution in [0, 0.1) is 13.8 Å². The van der Waals surface area contributed by atoms with Gasteiger partial charge in [0.05, 0.1) is 18.6 Å². The fraction of sp³-hybridized carbons (Fsp3) is 0.385. The number of unbranched alkanes of at least 4 members (excludes halogenated alkanes) is 2. The highest BCUT2D eigenvalue weighted by molar-refractivity contribution is 5.95. The second kappa shape index (κ2) is 13.8. The van der Waals surface area contributed by atoms with Crippen LogP contribution < -0.4 is 10.6 Å². The average molecular weight is 469 g/mol. The summed E-state index contributed by atoms with van der Waals surface area (Å²) in [5.41, 5.74) is 3.54. The van der Waals surface area contributed by atoms with Crippen molar-refractivity contribution in [3.8, 4) is 0 Å². The van der Waals surface area contributed by atoms with E-state index in [1.165, 1.54) is 0 Å². The van der Waals surface area contributed by atoms with Crippen LogP contribution in [0.5, 0.6) is 0 Å². The van der Waals surface area contributed by atoms with Gasteiger partial charge in [0.15, 0.2) is 6.61 Å². The maximum atomic E-state index is 12.1. The molecule has 8 heteroatoms. The number of ether oxygens (including phenoxy) is 2. The summed E-state index contributed by atoms with van der Waals surface area (Å²) in [4.78, 5) is 47.9. The Bertz CT molecular complexity index is 1000. The fourth-order valence-corrected chi connectivity index (χ4v) is 3.09. The Morgan fingerprint density at radius 2 is 1.56 bits per heavy atom. The van der Waals surface area contributed by atoms with Crippen molar-refractivity contribution in [1.29, 1.82) is 0 Å². The summed E-state index contributed by atoms with van der Waals surface area (Å²) in [7, 11) is 0. The largest absolute Gasteiger partial charge is 0.462 e. The molecule has 0 saturated heterocycles. The van der Waals surface area contributed by atoms with E-state index in [1.807, 2.05) is 26.0 Å². The predicted octanol–water partition coefficient (Wildman–Crippen LogP) is 4.55. The Balaban J connectivity index is 1.68. The maximum absolute atomic E-state index is 12.1. The van der Waals surface area contributed by atoms with Gasteiger partial charge in [-0.05, 0) is 56.2 Å². The zero-order valence-corrected chi connectivity index (χ0v) is 19.9. The first kappa shape index (κ1) is 26.6. The van der Waals surface area contributed by atoms with Crippen LogP contribution in [-0.2, 0) is 23.9 Å². The second-order valence-corrected chi connectivity index (χ2v) is 8.00. The van der Waals surface area contributed by atoms with Crippen LogP contribution >= 0.6 is 0 Å². The molecule has 0 spiro atoms. The number of amides is 2. The molecular weight excluding hydrogens is 436 g/mol. The molecule has 0 aromatic heterocycles. The van der Waals surface area contributed by atoms with Crippen molar-refractivity contribution in [3.05, 3.63) is 59.2 Å². The number of esters is 2. The van der Waals surface area contributed by atoms with E-state index < -0.39 is 24.5 Å². The molecule has 2 amide bonds. The molecule has 0 radical (unpaired) electrons. The van der Waals surface area contributed by atoms with Gasteiger partial charge in [0, 0.05) is 17.8 Å². The number of hydrogen-bond acceptors (Lipinski definition) is 6. The smallest absolute Gasteiger partial charge is 0.338 e. The van der Waals surface area contributed by atoms with Crippen molar-refractivity contribution < 1.29 is 28.7 Å². The van der Waals surface area contributed by atoms with E-state index in [2.05, 4.69) is 17.6 Å². The average Bonchev–Trinajstić information content (AvgIpc) is 2.81. The lowest BCUT2D eigenvalue weighted by Gasteiger charge is -2.10. The molecule has 2 aromatic rings. The van der Waals surface area contributed by atoms with Gasteiger partial charge in [-0.25, -0.2) is 4.79 Å². The summed E-state index contributed by atoms with van der Waals surface area (Å²) in [6, 6.07) is 11.9. The summed E-state index contributed by atoms with van der Waals surface area (Å²) in [5, 5.41) is 5.34. The van der Waals surface area contributed by atoms with Crippen molar-refractivity contribution in [2.24, 2.45) is 0 Å². The molecule has 2 aromatic carbocycles. The summed E-state index contributed by atoms with van der Waals surface area (Å²) in [6.45, 7) is 5.86. The van der Waals surface area contributed by atoms with E-state index in [4.69, 9.17) is 9.47 Å². The predicted molar refractivity (Wildman–Crippen MR) is 130 cm³/mol. The van der Waals surface area contributed by atoms with Gasteiger partial charge in [0.25, 0.3) is 5.91 Å². The second-order valence-electron chi connectivity index (χ2n) is 8.00. The number of nitrogens with one attached hydrogen (secondary N) is 2. The molecule has 34 heavy (non-hydrogen) atoms. The Labute approximate surface area is 200 Å². The molecule has 0 atom stereocenters. The zero-order valence-electron chi connectivity index (χ0n) is 19.9. The number of hydrogen-bond donors (Lipinski definition) is 2. The van der Waals surface area contributed by atoms with Gasteiger partial charge in [-0.1, -0.05) is 37.5 Å². The normalized spacial score (nSPS) is 10.3. The van der Waals surface area contributed by atoms with Gasteiger partial charge >= 0.3 is 11.9 Å². The lowest BCUT2D eigenvalue weighted by molar-refractivity contribution is -0.147. The number of carbonyl (C=O) groups is 4. The number of benzene rings is 2. The lowest BCUT2D eigenvalue weighted by atomic mass is 10.1. The summed E-state index contributed by atoms with van der Waals surface area (Å²) in [6.07, 6.45) is 2.62. The van der Waals surface area contributed by atoms with Crippen molar-refractivity contribution >= 4 is 35.1 Å². The molecule has 0 aliphatic heterocycles. The first-order valence-electron chi connectivity index (χ1n) is 11.4. The van der Waals surface area contributed by atoms with Crippen molar-refractivity contribution in [3.63, 3.8) is 0 Å². The molecule has 0 aliphatic rings. The lowest BCUT2D eigenvalue weighted by Crippen LogP contribution is -2.22. The molecule has 0 aliphatic carbocycles. The standard InChI is InChI=1S/C26H32N2O6/c1-4-5-6-15-33-26(32)20-8-10-21(11-9-20)27-23(29)13-14-25(31)34-17-24(30)28-22-12-7-18(2)16-19(22)3/h7-12,16H,4-6,13-15,17H2,1-3H3,(H,27,29)(H,28,30). The number of anilines is 2. The third kappa shape index (κ3) is 9.44. The van der Waals surface area contributed by atoms with Crippen LogP contribution in [0.25, 0.3) is 0 Å². The van der Waals surface area contributed by atoms with Gasteiger partial charge in [-0.2, -0.15) is 0 Å². The number of carbonyl (C=O) groups excluding carboxylic acids is 4. The van der Waals surface area contributed by atoms with E-state index in [9.17, 15) is 19.2 Å². The third-order valence-electron chi connectivity index (χ3n) is 4.96. The topological polar surface area (TPSA) is 111 Å². The highest BCUT2D eigenvalue weighted by Crippen LogP contribution is 2.16. The SMILES string of the molecule is CCCCCOC(=O)c1ccc(NC(=O)CCC(=O)OCC(=O)Nc2ccc(C)cc2C)cc1. The van der Waals surface area contributed by atoms with Crippen LogP contribution in [-0.4, -0.2) is 37.0 Å². The van der Waals surface area contributed by atoms with Gasteiger partial charge < -0.3 is 20.1 Å². The summed E-state index contributed by atoms with van der Waals surface area (Å²) >= 11 is 0. The Hall–Kier alpha value is -3.68. The molecule has 8 nitrogen and oxygen atoms in total. The van der Waals surface area contributed by atoms with Crippen LogP contribution in [0.4, 0.5) is 11.4 Å². The first-order valence-corrected chi connectivity index (χ1v) is 11.4. The molecule has 0 bridgehead atoms. The molecule has 0 fully saturated rings. The molecule has 182 valence electrons. The van der Waals surface area contributed by atoms with Crippen LogP contribution in [0.15, 0.2) is 42.5 Å². The Kier molecular flexibility index (Phi) is 10.8. The first-order chi connectivity index (χ1) is 16.3. The molecule has 2 rings (SSSR count). The minimum atomic E-state index is -0.646. The van der Waals surface area contributed by atoms with Crippen molar-refractivity contribution in [2.45, 2.75) is 52.9 Å². The van der Waals surface area contributed by atoms with Crippen molar-refractivity contribution in [2.75, 3.05) is 23.8 Å². The minimum absolute atomic E-state index is 0.0985. The molecular formula is C26H32N2O6. The van der Waals surface area contributed by atoms with E-state index in [0.29, 0.717) is 23.5 Å². The highest BCUT2D eigenvalue weighted by atomic mass is 16.5. The molecule has 2 N–H and O–H groups in total. The van der Waals surface area contributed by atoms with Gasteiger partial charge in [0.1, 0.15) is 0 Å². The van der Waals surface area contributed by atoms with Crippen LogP contribution in [0.1, 0.15) is 60.5 Å². The maximum Gasteiger partial charge on any atom is 0.338 e. The van der Waals surface area contributed by atoms with Crippen LogP contribution in [0.2, 0.25) is 0 Å². The monoisotopic (exact) mass is 468 g/mol. The molecule has 0 heterocycles. The Morgan fingerprint density at radius 1 is 0.824 bits per heavy atom. The summed E-state index contributed by atoms with van der Waals surface area (Å²) < 4.78 is 10.1. The molecule has 0 unspecified atom stereocenters. The Morgan fingerprint density at radius 3 is 2.24 bits per heavy atom. The fourth-order valence-electron chi connectivity index (χ4n) is 3.09.